The van der Waals surface area contributed by atoms with Gasteiger partial charge < -0.3 is 15.8 Å². The molecular weight excluding hydrogens is 188 g/mol. The molecule has 3 nitrogen and oxygen atoms in total. The molecule has 0 aliphatic rings. The summed E-state index contributed by atoms with van der Waals surface area (Å²) in [6.07, 6.45) is 0. The van der Waals surface area contributed by atoms with Crippen molar-refractivity contribution in [3.05, 3.63) is 22.7 Å². The molecular formula is C9H13ClN2O. The van der Waals surface area contributed by atoms with Crippen LogP contribution in [0.25, 0.3) is 0 Å². The van der Waals surface area contributed by atoms with E-state index >= 15 is 0 Å². The Labute approximate surface area is 82.8 Å². The number of benzene rings is 1. The molecule has 1 aromatic carbocycles. The molecule has 0 radical (unpaired) electrons. The van der Waals surface area contributed by atoms with Gasteiger partial charge in [-0.05, 0) is 24.6 Å². The van der Waals surface area contributed by atoms with E-state index in [4.69, 9.17) is 22.1 Å². The molecule has 0 aliphatic heterocycles. The van der Waals surface area contributed by atoms with Crippen LogP contribution >= 0.6 is 11.6 Å². The first-order valence-electron chi connectivity index (χ1n) is 3.97. The van der Waals surface area contributed by atoms with Crippen LogP contribution in [0.2, 0.25) is 5.02 Å². The second kappa shape index (κ2) is 4.35. The zero-order valence-electron chi connectivity index (χ0n) is 7.73. The van der Waals surface area contributed by atoms with E-state index in [0.29, 0.717) is 17.4 Å². The molecule has 13 heavy (non-hydrogen) atoms. The summed E-state index contributed by atoms with van der Waals surface area (Å²) in [5.41, 5.74) is 7.36. The lowest BCUT2D eigenvalue weighted by Crippen LogP contribution is -2.11. The molecule has 4 heteroatoms. The molecule has 0 fully saturated rings. The van der Waals surface area contributed by atoms with Crippen molar-refractivity contribution in [2.45, 2.75) is 6.92 Å². The number of nitrogens with two attached hydrogens (primary N) is 1. The number of halogens is 1. The van der Waals surface area contributed by atoms with Crippen molar-refractivity contribution in [3.8, 4) is 5.75 Å². The molecule has 3 N–H and O–H groups in total. The normalized spacial score (nSPS) is 9.85. The lowest BCUT2D eigenvalue weighted by atomic mass is 10.2. The van der Waals surface area contributed by atoms with Crippen LogP contribution in [0.1, 0.15) is 5.56 Å². The van der Waals surface area contributed by atoms with Gasteiger partial charge in [-0.25, -0.2) is 0 Å². The van der Waals surface area contributed by atoms with E-state index in [1.807, 2.05) is 19.1 Å². The summed E-state index contributed by atoms with van der Waals surface area (Å²) in [4.78, 5) is 0. The Hall–Kier alpha value is -0.930. The monoisotopic (exact) mass is 200 g/mol. The maximum absolute atomic E-state index is 5.93. The van der Waals surface area contributed by atoms with E-state index in [0.717, 1.165) is 11.3 Å². The lowest BCUT2D eigenvalue weighted by molar-refractivity contribution is 0.415. The summed E-state index contributed by atoms with van der Waals surface area (Å²) < 4.78 is 5.07. The number of nitrogens with one attached hydrogen (secondary N) is 1. The van der Waals surface area contributed by atoms with E-state index in [2.05, 4.69) is 5.32 Å². The van der Waals surface area contributed by atoms with Gasteiger partial charge in [0.15, 0.2) is 0 Å². The lowest BCUT2D eigenvalue weighted by Gasteiger charge is -2.10. The van der Waals surface area contributed by atoms with Crippen LogP contribution in [0.4, 0.5) is 5.69 Å². The van der Waals surface area contributed by atoms with Gasteiger partial charge in [-0.1, -0.05) is 11.6 Å². The van der Waals surface area contributed by atoms with Crippen molar-refractivity contribution >= 4 is 17.3 Å². The highest BCUT2D eigenvalue weighted by molar-refractivity contribution is 6.32. The minimum atomic E-state index is 0.392. The fraction of sp³-hybridized carbons (Fsp3) is 0.333. The average Bonchev–Trinajstić information content (AvgIpc) is 2.11. The van der Waals surface area contributed by atoms with E-state index in [1.54, 1.807) is 7.11 Å². The van der Waals surface area contributed by atoms with Crippen LogP contribution in [-0.4, -0.2) is 13.8 Å². The van der Waals surface area contributed by atoms with E-state index < -0.39 is 0 Å². The molecule has 0 atom stereocenters. The summed E-state index contributed by atoms with van der Waals surface area (Å²) in [7, 11) is 1.59. The SMILES string of the molecule is COc1cc(C)c(NCN)cc1Cl. The summed E-state index contributed by atoms with van der Waals surface area (Å²) >= 11 is 5.93. The van der Waals surface area contributed by atoms with Gasteiger partial charge in [-0.2, -0.15) is 0 Å². The third-order valence-corrected chi connectivity index (χ3v) is 2.09. The largest absolute Gasteiger partial charge is 0.495 e. The Morgan fingerprint density at radius 3 is 2.77 bits per heavy atom. The standard InChI is InChI=1S/C9H13ClN2O/c1-6-3-9(13-2)7(10)4-8(6)12-5-11/h3-4,12H,5,11H2,1-2H3. The Balaban J connectivity index is 3.05. The Bertz CT molecular complexity index is 302. The van der Waals surface area contributed by atoms with Gasteiger partial charge in [-0.3, -0.25) is 0 Å². The number of rotatable bonds is 3. The smallest absolute Gasteiger partial charge is 0.137 e. The van der Waals surface area contributed by atoms with Crippen molar-refractivity contribution in [2.75, 3.05) is 19.1 Å². The molecule has 0 bridgehead atoms. The molecule has 0 spiro atoms. The molecule has 0 amide bonds. The van der Waals surface area contributed by atoms with Gasteiger partial charge in [0.25, 0.3) is 0 Å². The van der Waals surface area contributed by atoms with Gasteiger partial charge in [0, 0.05) is 5.69 Å². The average molecular weight is 201 g/mol. The van der Waals surface area contributed by atoms with Crippen LogP contribution in [-0.2, 0) is 0 Å². The highest BCUT2D eigenvalue weighted by Gasteiger charge is 2.04. The summed E-state index contributed by atoms with van der Waals surface area (Å²) in [5.74, 6) is 0.682. The third-order valence-electron chi connectivity index (χ3n) is 1.79. The van der Waals surface area contributed by atoms with Gasteiger partial charge >= 0.3 is 0 Å². The first kappa shape index (κ1) is 10.2. The zero-order chi connectivity index (χ0) is 9.84. The summed E-state index contributed by atoms with van der Waals surface area (Å²) in [5, 5.41) is 3.59. The van der Waals surface area contributed by atoms with Crippen molar-refractivity contribution in [3.63, 3.8) is 0 Å². The Kier molecular flexibility index (Phi) is 3.39. The van der Waals surface area contributed by atoms with Crippen molar-refractivity contribution < 1.29 is 4.74 Å². The van der Waals surface area contributed by atoms with E-state index in [9.17, 15) is 0 Å². The molecule has 0 heterocycles. The maximum Gasteiger partial charge on any atom is 0.137 e. The highest BCUT2D eigenvalue weighted by atomic mass is 35.5. The van der Waals surface area contributed by atoms with Crippen molar-refractivity contribution in [1.82, 2.24) is 0 Å². The van der Waals surface area contributed by atoms with Crippen molar-refractivity contribution in [1.29, 1.82) is 0 Å². The van der Waals surface area contributed by atoms with Gasteiger partial charge in [-0.15, -0.1) is 0 Å². The first-order chi connectivity index (χ1) is 6.19. The predicted octanol–water partition coefficient (Wildman–Crippen LogP) is 1.99. The Morgan fingerprint density at radius 1 is 1.54 bits per heavy atom. The number of hydrogen-bond donors (Lipinski definition) is 2. The molecule has 1 aromatic rings. The molecule has 0 aromatic heterocycles. The van der Waals surface area contributed by atoms with Crippen LogP contribution in [0.15, 0.2) is 12.1 Å². The van der Waals surface area contributed by atoms with Crippen LogP contribution in [0.3, 0.4) is 0 Å². The second-order valence-electron chi connectivity index (χ2n) is 2.68. The molecule has 72 valence electrons. The summed E-state index contributed by atoms with van der Waals surface area (Å²) in [6, 6.07) is 3.68. The topological polar surface area (TPSA) is 47.3 Å². The minimum Gasteiger partial charge on any atom is -0.495 e. The molecule has 1 rings (SSSR count). The van der Waals surface area contributed by atoms with E-state index in [1.165, 1.54) is 0 Å². The molecule has 0 saturated heterocycles. The van der Waals surface area contributed by atoms with Crippen LogP contribution < -0.4 is 15.8 Å². The summed E-state index contributed by atoms with van der Waals surface area (Å²) in [6.45, 7) is 2.36. The molecule has 0 aliphatic carbocycles. The van der Waals surface area contributed by atoms with Gasteiger partial charge in [0.1, 0.15) is 5.75 Å². The first-order valence-corrected chi connectivity index (χ1v) is 4.35. The van der Waals surface area contributed by atoms with Crippen molar-refractivity contribution in [2.24, 2.45) is 5.73 Å². The van der Waals surface area contributed by atoms with Gasteiger partial charge in [0.05, 0.1) is 18.8 Å². The highest BCUT2D eigenvalue weighted by Crippen LogP contribution is 2.30. The van der Waals surface area contributed by atoms with Crippen LogP contribution in [0, 0.1) is 6.92 Å². The number of anilines is 1. The van der Waals surface area contributed by atoms with Crippen LogP contribution in [0.5, 0.6) is 5.75 Å². The van der Waals surface area contributed by atoms with E-state index in [-0.39, 0.29) is 0 Å². The second-order valence-corrected chi connectivity index (χ2v) is 3.09. The minimum absolute atomic E-state index is 0.392. The fourth-order valence-electron chi connectivity index (χ4n) is 1.11. The Morgan fingerprint density at radius 2 is 2.23 bits per heavy atom. The zero-order valence-corrected chi connectivity index (χ0v) is 8.48. The number of aryl methyl sites for hydroxylation is 1. The molecule has 0 saturated carbocycles. The third kappa shape index (κ3) is 2.26. The molecule has 0 unspecified atom stereocenters. The maximum atomic E-state index is 5.93. The van der Waals surface area contributed by atoms with Gasteiger partial charge in [0.2, 0.25) is 0 Å². The number of ether oxygens (including phenoxy) is 1. The number of methoxy groups -OCH3 is 1. The fourth-order valence-corrected chi connectivity index (χ4v) is 1.35. The predicted molar refractivity (Wildman–Crippen MR) is 55.4 cm³/mol. The number of hydrogen-bond acceptors (Lipinski definition) is 3. The quantitative estimate of drug-likeness (QED) is 0.734.